The molecule has 0 aliphatic carbocycles. The van der Waals surface area contributed by atoms with Crippen molar-refractivity contribution in [1.82, 2.24) is 9.88 Å². The molecule has 0 saturated heterocycles. The number of rotatable bonds is 7. The molecule has 1 heterocycles. The van der Waals surface area contributed by atoms with Gasteiger partial charge in [0, 0.05) is 31.5 Å². The molecule has 2 nitrogen and oxygen atoms in total. The van der Waals surface area contributed by atoms with Gasteiger partial charge in [0.1, 0.15) is 0 Å². The molecule has 1 N–H and O–H groups in total. The maximum atomic E-state index is 3.74. The second kappa shape index (κ2) is 6.46. The van der Waals surface area contributed by atoms with E-state index in [2.05, 4.69) is 48.8 Å². The van der Waals surface area contributed by atoms with Gasteiger partial charge in [-0.25, -0.2) is 0 Å². The van der Waals surface area contributed by atoms with E-state index in [1.54, 1.807) is 0 Å². The van der Waals surface area contributed by atoms with Crippen LogP contribution in [0.4, 0.5) is 0 Å². The van der Waals surface area contributed by atoms with Crippen molar-refractivity contribution in [1.29, 1.82) is 0 Å². The zero-order valence-electron chi connectivity index (χ0n) is 9.87. The standard InChI is InChI=1S/C13H22N2/c1-4-6-12(3)14-10-13-7-9-15(11-13)8-5-2/h4,7,9,11-12,14H,1,5-6,8,10H2,2-3H3. The average Bonchev–Trinajstić information content (AvgIpc) is 2.64. The largest absolute Gasteiger partial charge is 0.354 e. The van der Waals surface area contributed by atoms with Crippen molar-refractivity contribution in [3.63, 3.8) is 0 Å². The molecule has 1 aromatic heterocycles. The molecule has 0 saturated carbocycles. The van der Waals surface area contributed by atoms with E-state index in [1.165, 1.54) is 12.0 Å². The molecule has 84 valence electrons. The van der Waals surface area contributed by atoms with Crippen molar-refractivity contribution in [3.8, 4) is 0 Å². The van der Waals surface area contributed by atoms with Crippen LogP contribution in [0.2, 0.25) is 0 Å². The Labute approximate surface area is 93.0 Å². The van der Waals surface area contributed by atoms with E-state index >= 15 is 0 Å². The fraction of sp³-hybridized carbons (Fsp3) is 0.538. The third kappa shape index (κ3) is 4.34. The van der Waals surface area contributed by atoms with Gasteiger partial charge in [-0.2, -0.15) is 0 Å². The number of hydrogen-bond acceptors (Lipinski definition) is 1. The summed E-state index contributed by atoms with van der Waals surface area (Å²) in [4.78, 5) is 0. The summed E-state index contributed by atoms with van der Waals surface area (Å²) in [5.41, 5.74) is 1.36. The van der Waals surface area contributed by atoms with Crippen molar-refractivity contribution >= 4 is 0 Å². The molecule has 0 aromatic carbocycles. The smallest absolute Gasteiger partial charge is 0.0223 e. The summed E-state index contributed by atoms with van der Waals surface area (Å²) in [6.07, 6.45) is 8.54. The maximum absolute atomic E-state index is 3.74. The maximum Gasteiger partial charge on any atom is 0.0223 e. The number of nitrogens with one attached hydrogen (secondary N) is 1. The lowest BCUT2D eigenvalue weighted by molar-refractivity contribution is 0.553. The zero-order valence-corrected chi connectivity index (χ0v) is 9.87. The summed E-state index contributed by atoms with van der Waals surface area (Å²) in [7, 11) is 0. The summed E-state index contributed by atoms with van der Waals surface area (Å²) in [5, 5.41) is 3.47. The predicted octanol–water partition coefficient (Wildman–Crippen LogP) is 2.95. The lowest BCUT2D eigenvalue weighted by Gasteiger charge is -2.10. The molecule has 2 heteroatoms. The average molecular weight is 206 g/mol. The third-order valence-corrected chi connectivity index (χ3v) is 2.47. The number of hydrogen-bond donors (Lipinski definition) is 1. The van der Waals surface area contributed by atoms with E-state index in [0.29, 0.717) is 6.04 Å². The predicted molar refractivity (Wildman–Crippen MR) is 65.8 cm³/mol. The summed E-state index contributed by atoms with van der Waals surface area (Å²) in [5.74, 6) is 0. The molecule has 15 heavy (non-hydrogen) atoms. The Morgan fingerprint density at radius 3 is 3.07 bits per heavy atom. The molecule has 0 spiro atoms. The van der Waals surface area contributed by atoms with Crippen LogP contribution in [-0.2, 0) is 13.1 Å². The summed E-state index contributed by atoms with van der Waals surface area (Å²) >= 11 is 0. The second-order valence-corrected chi connectivity index (χ2v) is 4.06. The lowest BCUT2D eigenvalue weighted by atomic mass is 10.2. The monoisotopic (exact) mass is 206 g/mol. The molecular formula is C13H22N2. The highest BCUT2D eigenvalue weighted by molar-refractivity contribution is 5.10. The van der Waals surface area contributed by atoms with Gasteiger partial charge in [-0.1, -0.05) is 13.0 Å². The van der Waals surface area contributed by atoms with E-state index in [9.17, 15) is 0 Å². The van der Waals surface area contributed by atoms with Crippen molar-refractivity contribution in [3.05, 3.63) is 36.7 Å². The molecule has 0 aliphatic heterocycles. The Hall–Kier alpha value is -1.02. The number of nitrogens with zero attached hydrogens (tertiary/aromatic N) is 1. The molecule has 0 aliphatic rings. The zero-order chi connectivity index (χ0) is 11.1. The van der Waals surface area contributed by atoms with Gasteiger partial charge < -0.3 is 9.88 Å². The van der Waals surface area contributed by atoms with Crippen molar-refractivity contribution < 1.29 is 0 Å². The van der Waals surface area contributed by atoms with E-state index in [1.807, 2.05) is 6.08 Å². The van der Waals surface area contributed by atoms with Crippen LogP contribution in [0.15, 0.2) is 31.1 Å². The Kier molecular flexibility index (Phi) is 5.19. The lowest BCUT2D eigenvalue weighted by Crippen LogP contribution is -2.24. The molecule has 1 aromatic rings. The van der Waals surface area contributed by atoms with Crippen LogP contribution in [0.3, 0.4) is 0 Å². The third-order valence-electron chi connectivity index (χ3n) is 2.47. The van der Waals surface area contributed by atoms with Crippen LogP contribution in [0.25, 0.3) is 0 Å². The SMILES string of the molecule is C=CCC(C)NCc1ccn(CCC)c1. The number of aryl methyl sites for hydroxylation is 1. The van der Waals surface area contributed by atoms with E-state index < -0.39 is 0 Å². The highest BCUT2D eigenvalue weighted by Crippen LogP contribution is 2.03. The first-order chi connectivity index (χ1) is 7.26. The van der Waals surface area contributed by atoms with Crippen LogP contribution >= 0.6 is 0 Å². The molecule has 0 radical (unpaired) electrons. The van der Waals surface area contributed by atoms with Gasteiger partial charge in [0.05, 0.1) is 0 Å². The van der Waals surface area contributed by atoms with E-state index in [-0.39, 0.29) is 0 Å². The minimum absolute atomic E-state index is 0.511. The highest BCUT2D eigenvalue weighted by Gasteiger charge is 2.00. The van der Waals surface area contributed by atoms with Gasteiger partial charge >= 0.3 is 0 Å². The fourth-order valence-corrected chi connectivity index (χ4v) is 1.62. The van der Waals surface area contributed by atoms with Gasteiger partial charge in [-0.15, -0.1) is 6.58 Å². The Morgan fingerprint density at radius 1 is 1.60 bits per heavy atom. The second-order valence-electron chi connectivity index (χ2n) is 4.06. The van der Waals surface area contributed by atoms with Crippen molar-refractivity contribution in [2.45, 2.75) is 45.8 Å². The first kappa shape index (κ1) is 12.1. The molecule has 0 fully saturated rings. The molecular weight excluding hydrogens is 184 g/mol. The summed E-state index contributed by atoms with van der Waals surface area (Å²) in [6.45, 7) is 10.2. The van der Waals surface area contributed by atoms with Crippen LogP contribution < -0.4 is 5.32 Å². The van der Waals surface area contributed by atoms with Crippen LogP contribution in [0, 0.1) is 0 Å². The number of aromatic nitrogens is 1. The minimum Gasteiger partial charge on any atom is -0.354 e. The molecule has 1 unspecified atom stereocenters. The Bertz CT molecular complexity index is 288. The van der Waals surface area contributed by atoms with Gasteiger partial charge in [-0.3, -0.25) is 0 Å². The Balaban J connectivity index is 2.33. The van der Waals surface area contributed by atoms with E-state index in [4.69, 9.17) is 0 Å². The van der Waals surface area contributed by atoms with Gasteiger partial charge in [-0.05, 0) is 31.4 Å². The molecule has 1 atom stereocenters. The quantitative estimate of drug-likeness (QED) is 0.679. The normalized spacial score (nSPS) is 12.7. The van der Waals surface area contributed by atoms with Crippen molar-refractivity contribution in [2.75, 3.05) is 0 Å². The molecule has 0 amide bonds. The van der Waals surface area contributed by atoms with Crippen LogP contribution in [0.1, 0.15) is 32.3 Å². The highest BCUT2D eigenvalue weighted by atomic mass is 14.9. The van der Waals surface area contributed by atoms with Crippen LogP contribution in [0.5, 0.6) is 0 Å². The molecule has 1 rings (SSSR count). The minimum atomic E-state index is 0.511. The first-order valence-corrected chi connectivity index (χ1v) is 5.75. The summed E-state index contributed by atoms with van der Waals surface area (Å²) in [6, 6.07) is 2.69. The van der Waals surface area contributed by atoms with Gasteiger partial charge in [0.25, 0.3) is 0 Å². The van der Waals surface area contributed by atoms with Gasteiger partial charge in [0.15, 0.2) is 0 Å². The fourth-order valence-electron chi connectivity index (χ4n) is 1.62. The molecule has 0 bridgehead atoms. The topological polar surface area (TPSA) is 17.0 Å². The van der Waals surface area contributed by atoms with Crippen LogP contribution in [-0.4, -0.2) is 10.6 Å². The van der Waals surface area contributed by atoms with E-state index in [0.717, 1.165) is 19.5 Å². The Morgan fingerprint density at radius 2 is 2.40 bits per heavy atom. The summed E-state index contributed by atoms with van der Waals surface area (Å²) < 4.78 is 2.25. The van der Waals surface area contributed by atoms with Crippen molar-refractivity contribution in [2.24, 2.45) is 0 Å². The van der Waals surface area contributed by atoms with Gasteiger partial charge in [0.2, 0.25) is 0 Å². The first-order valence-electron chi connectivity index (χ1n) is 5.75.